The third kappa shape index (κ3) is 3.49. The van der Waals surface area contributed by atoms with Gasteiger partial charge in [-0.05, 0) is 18.2 Å². The van der Waals surface area contributed by atoms with Crippen molar-refractivity contribution < 1.29 is 13.9 Å². The van der Waals surface area contributed by atoms with Crippen LogP contribution in [0.1, 0.15) is 11.7 Å². The average molecular weight is 340 g/mol. The predicted octanol–water partition coefficient (Wildman–Crippen LogP) is 3.68. The molecule has 0 aromatic heterocycles. The van der Waals surface area contributed by atoms with E-state index < -0.39 is 6.10 Å². The molecule has 1 unspecified atom stereocenters. The number of ether oxygens (including phenoxy) is 2. The molecule has 0 radical (unpaired) electrons. The molecule has 20 heavy (non-hydrogen) atoms. The second-order valence-corrected chi connectivity index (χ2v) is 5.10. The molecule has 3 nitrogen and oxygen atoms in total. The van der Waals surface area contributed by atoms with Gasteiger partial charge in [-0.3, -0.25) is 0 Å². The highest BCUT2D eigenvalue weighted by molar-refractivity contribution is 9.10. The molecule has 106 valence electrons. The molecule has 1 atom stereocenters. The zero-order chi connectivity index (χ0) is 14.5. The largest absolute Gasteiger partial charge is 0.496 e. The Morgan fingerprint density at radius 1 is 1.25 bits per heavy atom. The molecule has 0 bridgehead atoms. The van der Waals surface area contributed by atoms with Crippen molar-refractivity contribution in [2.24, 2.45) is 5.73 Å². The monoisotopic (exact) mass is 339 g/mol. The van der Waals surface area contributed by atoms with Crippen molar-refractivity contribution >= 4 is 15.9 Å². The minimum atomic E-state index is -0.403. The maximum atomic E-state index is 13.4. The molecule has 5 heteroatoms. The molecule has 2 N–H and O–H groups in total. The zero-order valence-corrected chi connectivity index (χ0v) is 12.6. The summed E-state index contributed by atoms with van der Waals surface area (Å²) in [5.41, 5.74) is 6.60. The molecule has 0 aliphatic rings. The van der Waals surface area contributed by atoms with Crippen LogP contribution in [-0.4, -0.2) is 13.7 Å². The third-order valence-electron chi connectivity index (χ3n) is 2.81. The number of para-hydroxylation sites is 1. The van der Waals surface area contributed by atoms with Gasteiger partial charge in [0.15, 0.2) is 0 Å². The molecule has 2 aromatic carbocycles. The van der Waals surface area contributed by atoms with Gasteiger partial charge in [0.1, 0.15) is 23.4 Å². The van der Waals surface area contributed by atoms with Gasteiger partial charge in [0, 0.05) is 22.6 Å². The Morgan fingerprint density at radius 3 is 2.65 bits per heavy atom. The number of halogens is 2. The van der Waals surface area contributed by atoms with Crippen molar-refractivity contribution in [2.45, 2.75) is 6.10 Å². The zero-order valence-electron chi connectivity index (χ0n) is 11.0. The Kier molecular flexibility index (Phi) is 4.98. The van der Waals surface area contributed by atoms with Crippen molar-refractivity contribution in [3.05, 3.63) is 58.3 Å². The smallest absolute Gasteiger partial charge is 0.139 e. The van der Waals surface area contributed by atoms with Gasteiger partial charge in [-0.15, -0.1) is 0 Å². The van der Waals surface area contributed by atoms with Crippen LogP contribution in [0.25, 0.3) is 0 Å². The first-order chi connectivity index (χ1) is 9.63. The lowest BCUT2D eigenvalue weighted by Gasteiger charge is -2.20. The molecule has 0 spiro atoms. The minimum absolute atomic E-state index is 0.258. The highest BCUT2D eigenvalue weighted by Crippen LogP contribution is 2.30. The normalized spacial score (nSPS) is 12.0. The fourth-order valence-electron chi connectivity index (χ4n) is 1.93. The number of nitrogens with two attached hydrogens (primary N) is 1. The van der Waals surface area contributed by atoms with Crippen LogP contribution in [0.2, 0.25) is 0 Å². The summed E-state index contributed by atoms with van der Waals surface area (Å²) in [6, 6.07) is 11.9. The molecule has 0 amide bonds. The second-order valence-electron chi connectivity index (χ2n) is 4.19. The maximum absolute atomic E-state index is 13.4. The van der Waals surface area contributed by atoms with Crippen molar-refractivity contribution in [3.8, 4) is 11.5 Å². The van der Waals surface area contributed by atoms with E-state index in [1.54, 1.807) is 13.2 Å². The fraction of sp³-hybridized carbons (Fsp3) is 0.200. The summed E-state index contributed by atoms with van der Waals surface area (Å²) in [5, 5.41) is 0. The molecule has 0 heterocycles. The summed E-state index contributed by atoms with van der Waals surface area (Å²) in [7, 11) is 1.59. The molecule has 0 saturated heterocycles. The SMILES string of the molecule is COc1ccccc1C(CN)Oc1cc(F)cc(Br)c1. The van der Waals surface area contributed by atoms with E-state index in [9.17, 15) is 4.39 Å². The number of methoxy groups -OCH3 is 1. The van der Waals surface area contributed by atoms with Crippen LogP contribution in [0, 0.1) is 5.82 Å². The van der Waals surface area contributed by atoms with Gasteiger partial charge in [-0.1, -0.05) is 34.1 Å². The van der Waals surface area contributed by atoms with Crippen LogP contribution in [0.4, 0.5) is 4.39 Å². The molecule has 2 rings (SSSR count). The van der Waals surface area contributed by atoms with Gasteiger partial charge in [0.2, 0.25) is 0 Å². The first kappa shape index (κ1) is 14.8. The Labute approximate surface area is 125 Å². The lowest BCUT2D eigenvalue weighted by molar-refractivity contribution is 0.208. The lowest BCUT2D eigenvalue weighted by Crippen LogP contribution is -2.19. The molecule has 0 fully saturated rings. The van der Waals surface area contributed by atoms with Gasteiger partial charge in [-0.25, -0.2) is 4.39 Å². The van der Waals surface area contributed by atoms with E-state index in [0.29, 0.717) is 16.0 Å². The molecular formula is C15H15BrFNO2. The summed E-state index contributed by atoms with van der Waals surface area (Å²) in [6.45, 7) is 0.258. The summed E-state index contributed by atoms with van der Waals surface area (Å²) >= 11 is 3.23. The van der Waals surface area contributed by atoms with E-state index in [-0.39, 0.29) is 12.4 Å². The van der Waals surface area contributed by atoms with Gasteiger partial charge in [0.25, 0.3) is 0 Å². The van der Waals surface area contributed by atoms with Crippen LogP contribution >= 0.6 is 15.9 Å². The van der Waals surface area contributed by atoms with Gasteiger partial charge < -0.3 is 15.2 Å². The Bertz CT molecular complexity index is 572. The summed E-state index contributed by atoms with van der Waals surface area (Å²) in [6.07, 6.45) is -0.403. The van der Waals surface area contributed by atoms with E-state index in [1.807, 2.05) is 24.3 Å². The Balaban J connectivity index is 2.28. The number of benzene rings is 2. The van der Waals surface area contributed by atoms with Crippen LogP contribution in [0.3, 0.4) is 0 Å². The average Bonchev–Trinajstić information content (AvgIpc) is 2.43. The first-order valence-electron chi connectivity index (χ1n) is 6.09. The molecular weight excluding hydrogens is 325 g/mol. The van der Waals surface area contributed by atoms with Crippen LogP contribution in [-0.2, 0) is 0 Å². The topological polar surface area (TPSA) is 44.5 Å². The minimum Gasteiger partial charge on any atom is -0.496 e. The Hall–Kier alpha value is -1.59. The molecule has 0 aliphatic heterocycles. The van der Waals surface area contributed by atoms with Crippen LogP contribution in [0.15, 0.2) is 46.9 Å². The van der Waals surface area contributed by atoms with Crippen LogP contribution in [0.5, 0.6) is 11.5 Å². The van der Waals surface area contributed by atoms with E-state index in [1.165, 1.54) is 12.1 Å². The molecule has 2 aromatic rings. The second kappa shape index (κ2) is 6.72. The number of rotatable bonds is 5. The van der Waals surface area contributed by atoms with Crippen molar-refractivity contribution in [1.82, 2.24) is 0 Å². The fourth-order valence-corrected chi connectivity index (χ4v) is 2.38. The predicted molar refractivity (Wildman–Crippen MR) is 79.5 cm³/mol. The molecule has 0 saturated carbocycles. The summed E-state index contributed by atoms with van der Waals surface area (Å²) in [4.78, 5) is 0. The van der Waals surface area contributed by atoms with Gasteiger partial charge in [-0.2, -0.15) is 0 Å². The van der Waals surface area contributed by atoms with E-state index in [0.717, 1.165) is 5.56 Å². The number of hydrogen-bond acceptors (Lipinski definition) is 3. The molecule has 0 aliphatic carbocycles. The van der Waals surface area contributed by atoms with Crippen molar-refractivity contribution in [1.29, 1.82) is 0 Å². The van der Waals surface area contributed by atoms with Crippen molar-refractivity contribution in [2.75, 3.05) is 13.7 Å². The third-order valence-corrected chi connectivity index (χ3v) is 3.27. The van der Waals surface area contributed by atoms with Crippen LogP contribution < -0.4 is 15.2 Å². The Morgan fingerprint density at radius 2 is 2.00 bits per heavy atom. The van der Waals surface area contributed by atoms with E-state index >= 15 is 0 Å². The number of hydrogen-bond donors (Lipinski definition) is 1. The standard InChI is InChI=1S/C15H15BrFNO2/c1-19-14-5-3-2-4-13(14)15(9-18)20-12-7-10(16)6-11(17)8-12/h2-8,15H,9,18H2,1H3. The summed E-state index contributed by atoms with van der Waals surface area (Å²) < 4.78 is 25.1. The van der Waals surface area contributed by atoms with Crippen molar-refractivity contribution in [3.63, 3.8) is 0 Å². The quantitative estimate of drug-likeness (QED) is 0.903. The first-order valence-corrected chi connectivity index (χ1v) is 6.89. The van der Waals surface area contributed by atoms with Gasteiger partial charge >= 0.3 is 0 Å². The van der Waals surface area contributed by atoms with E-state index in [4.69, 9.17) is 15.2 Å². The summed E-state index contributed by atoms with van der Waals surface area (Å²) in [5.74, 6) is 0.738. The highest BCUT2D eigenvalue weighted by Gasteiger charge is 2.16. The lowest BCUT2D eigenvalue weighted by atomic mass is 10.1. The van der Waals surface area contributed by atoms with E-state index in [2.05, 4.69) is 15.9 Å². The van der Waals surface area contributed by atoms with Gasteiger partial charge in [0.05, 0.1) is 7.11 Å². The maximum Gasteiger partial charge on any atom is 0.139 e. The highest BCUT2D eigenvalue weighted by atomic mass is 79.9.